The maximum absolute atomic E-state index is 14.5. The van der Waals surface area contributed by atoms with E-state index < -0.39 is 6.04 Å². The number of likely N-dealkylation sites (tertiary alicyclic amines) is 2. The second-order valence-corrected chi connectivity index (χ2v) is 16.3. The van der Waals surface area contributed by atoms with Crippen molar-refractivity contribution in [3.05, 3.63) is 120 Å². The fourth-order valence-corrected chi connectivity index (χ4v) is 8.71. The second-order valence-electron chi connectivity index (χ2n) is 16.3. The molecule has 0 bridgehead atoms. The van der Waals surface area contributed by atoms with Crippen molar-refractivity contribution in [3.8, 4) is 34.4 Å². The first kappa shape index (κ1) is 40.2. The number of nitrogens with two attached hydrogens (primary N) is 1. The minimum Gasteiger partial charge on any atom is -0.395 e. The lowest BCUT2D eigenvalue weighted by atomic mass is 10.0. The summed E-state index contributed by atoms with van der Waals surface area (Å²) in [6, 6.07) is 25.3. The summed E-state index contributed by atoms with van der Waals surface area (Å²) in [5.74, 6) is 8.38. The minimum absolute atomic E-state index is 0.0103. The highest BCUT2D eigenvalue weighted by molar-refractivity contribution is 5.84. The summed E-state index contributed by atoms with van der Waals surface area (Å²) in [5, 5.41) is 9.44. The van der Waals surface area contributed by atoms with Crippen molar-refractivity contribution in [3.63, 3.8) is 0 Å². The van der Waals surface area contributed by atoms with Gasteiger partial charge in [0.05, 0.1) is 48.5 Å². The number of amides is 2. The van der Waals surface area contributed by atoms with Gasteiger partial charge in [0, 0.05) is 56.9 Å². The number of aromatic amines is 2. The Kier molecular flexibility index (Phi) is 12.4. The number of β-amino-alcohol motifs (C(OH)–C–C–N with tert-alkyl or cyclic N) is 1. The first-order chi connectivity index (χ1) is 28.8. The van der Waals surface area contributed by atoms with Gasteiger partial charge < -0.3 is 30.6 Å². The number of aromatic nitrogens is 4. The van der Waals surface area contributed by atoms with E-state index in [4.69, 9.17) is 10.7 Å². The molecular formula is C47H55N9O3. The van der Waals surface area contributed by atoms with Crippen molar-refractivity contribution in [1.29, 1.82) is 0 Å². The summed E-state index contributed by atoms with van der Waals surface area (Å²) in [7, 11) is 0. The molecule has 306 valence electrons. The number of carbonyl (C=O) groups excluding carboxylic acids is 2. The number of hydrogen-bond donors (Lipinski definition) is 4. The lowest BCUT2D eigenvalue weighted by Gasteiger charge is -2.40. The van der Waals surface area contributed by atoms with Gasteiger partial charge in [-0.2, -0.15) is 0 Å². The molecule has 5 N–H and O–H groups in total. The number of imidazole rings is 2. The first-order valence-corrected chi connectivity index (χ1v) is 21.1. The molecule has 3 aromatic carbocycles. The average Bonchev–Trinajstić information content (AvgIpc) is 4.11. The standard InChI is InChI=1S/C47H55N9O3/c1-32(2)42(48)46(58)55-22-6-10-40(55)44-49-30-38(51-44)35-18-14-33(15-19-35)12-13-34-16-20-36(21-17-34)39-31-50-45(52-39)41-11-7-23-56(41)47(59)43(37-8-4-3-5-9-37)54-26-24-53(25-27-54)28-29-57/h3-5,8-9,14-21,30-32,40-43,57H,6-7,10-11,22-29,48H2,1-2H3,(H,49,51)(H,50,52)/t40-,41-,42-,43+/m0/s1. The highest BCUT2D eigenvalue weighted by atomic mass is 16.3. The number of carbonyl (C=O) groups is 2. The Morgan fingerprint density at radius 1 is 0.729 bits per heavy atom. The van der Waals surface area contributed by atoms with E-state index in [1.54, 1.807) is 0 Å². The largest absolute Gasteiger partial charge is 0.395 e. The highest BCUT2D eigenvalue weighted by Gasteiger charge is 2.39. The Morgan fingerprint density at radius 3 is 1.73 bits per heavy atom. The van der Waals surface area contributed by atoms with Gasteiger partial charge in [-0.3, -0.25) is 19.4 Å². The fraction of sp³-hybridized carbons (Fsp3) is 0.404. The van der Waals surface area contributed by atoms with Crippen LogP contribution in [0.25, 0.3) is 22.5 Å². The van der Waals surface area contributed by atoms with Gasteiger partial charge in [-0.1, -0.05) is 80.3 Å². The zero-order chi connectivity index (χ0) is 40.9. The molecule has 0 aliphatic carbocycles. The number of rotatable bonds is 11. The number of benzene rings is 3. The lowest BCUT2D eigenvalue weighted by Crippen LogP contribution is -2.52. The van der Waals surface area contributed by atoms with E-state index in [0.717, 1.165) is 103 Å². The molecular weight excluding hydrogens is 739 g/mol. The Balaban J connectivity index is 0.903. The van der Waals surface area contributed by atoms with Gasteiger partial charge >= 0.3 is 0 Å². The molecule has 0 radical (unpaired) electrons. The van der Waals surface area contributed by atoms with E-state index in [0.29, 0.717) is 19.6 Å². The molecule has 12 heteroatoms. The van der Waals surface area contributed by atoms with E-state index >= 15 is 0 Å². The van der Waals surface area contributed by atoms with Crippen LogP contribution < -0.4 is 5.73 Å². The van der Waals surface area contributed by atoms with Crippen LogP contribution >= 0.6 is 0 Å². The van der Waals surface area contributed by atoms with Gasteiger partial charge in [0.1, 0.15) is 17.7 Å². The first-order valence-electron chi connectivity index (χ1n) is 21.1. The van der Waals surface area contributed by atoms with Gasteiger partial charge in [-0.25, -0.2) is 9.97 Å². The summed E-state index contributed by atoms with van der Waals surface area (Å²) >= 11 is 0. The molecule has 59 heavy (non-hydrogen) atoms. The zero-order valence-electron chi connectivity index (χ0n) is 34.1. The molecule has 2 amide bonds. The molecule has 4 atom stereocenters. The van der Waals surface area contributed by atoms with Crippen molar-refractivity contribution >= 4 is 11.8 Å². The molecule has 12 nitrogen and oxygen atoms in total. The molecule has 3 saturated heterocycles. The molecule has 0 unspecified atom stereocenters. The highest BCUT2D eigenvalue weighted by Crippen LogP contribution is 2.36. The Morgan fingerprint density at radius 2 is 1.24 bits per heavy atom. The topological polar surface area (TPSA) is 151 Å². The third-order valence-corrected chi connectivity index (χ3v) is 12.2. The maximum Gasteiger partial charge on any atom is 0.245 e. The monoisotopic (exact) mass is 793 g/mol. The molecule has 5 heterocycles. The van der Waals surface area contributed by atoms with Gasteiger partial charge in [0.25, 0.3) is 0 Å². The third kappa shape index (κ3) is 8.89. The molecule has 0 saturated carbocycles. The second kappa shape index (κ2) is 18.1. The van der Waals surface area contributed by atoms with Crippen LogP contribution in [0.4, 0.5) is 0 Å². The number of nitrogens with one attached hydrogen (secondary N) is 2. The molecule has 2 aromatic heterocycles. The van der Waals surface area contributed by atoms with Crippen LogP contribution in [0.5, 0.6) is 0 Å². The molecule has 5 aromatic rings. The van der Waals surface area contributed by atoms with E-state index in [1.165, 1.54) is 0 Å². The van der Waals surface area contributed by atoms with E-state index in [1.807, 2.05) is 90.6 Å². The van der Waals surface area contributed by atoms with Crippen LogP contribution in [-0.4, -0.2) is 115 Å². The van der Waals surface area contributed by atoms with Crippen LogP contribution in [0.2, 0.25) is 0 Å². The summed E-state index contributed by atoms with van der Waals surface area (Å²) in [6.45, 7) is 9.36. The molecule has 3 aliphatic heterocycles. The van der Waals surface area contributed by atoms with E-state index in [2.05, 4.69) is 60.9 Å². The number of nitrogens with zero attached hydrogens (tertiary/aromatic N) is 6. The quantitative estimate of drug-likeness (QED) is 0.128. The van der Waals surface area contributed by atoms with Crippen molar-refractivity contribution in [1.82, 2.24) is 39.5 Å². The normalized spacial score (nSPS) is 19.8. The number of H-pyrrole nitrogens is 2. The SMILES string of the molecule is CC(C)[C@H](N)C(=O)N1CCC[C@H]1c1ncc(-c2ccc(C#Cc3ccc(-c4cnc([C@@H]5CCCN5C(=O)[C@@H](c5ccccc5)N5CCN(CCO)CC5)[nH]4)cc3)cc2)[nH]1. The van der Waals surface area contributed by atoms with E-state index in [-0.39, 0.29) is 42.5 Å². The number of aliphatic hydroxyl groups is 1. The van der Waals surface area contributed by atoms with Crippen LogP contribution in [-0.2, 0) is 9.59 Å². The summed E-state index contributed by atoms with van der Waals surface area (Å²) < 4.78 is 0. The van der Waals surface area contributed by atoms with Crippen molar-refractivity contribution in [2.24, 2.45) is 11.7 Å². The summed E-state index contributed by atoms with van der Waals surface area (Å²) in [6.07, 6.45) is 7.28. The smallest absolute Gasteiger partial charge is 0.245 e. The maximum atomic E-state index is 14.5. The van der Waals surface area contributed by atoms with Crippen molar-refractivity contribution in [2.45, 2.75) is 63.7 Å². The molecule has 3 fully saturated rings. The van der Waals surface area contributed by atoms with Crippen molar-refractivity contribution < 1.29 is 14.7 Å². The van der Waals surface area contributed by atoms with Gasteiger partial charge in [-0.15, -0.1) is 0 Å². The Labute approximate surface area is 346 Å². The van der Waals surface area contributed by atoms with Gasteiger partial charge in [0.15, 0.2) is 0 Å². The number of piperazine rings is 1. The van der Waals surface area contributed by atoms with Crippen LogP contribution in [0.1, 0.15) is 86.0 Å². The summed E-state index contributed by atoms with van der Waals surface area (Å²) in [5.41, 5.74) is 12.8. The molecule has 0 spiro atoms. The zero-order valence-corrected chi connectivity index (χ0v) is 34.1. The third-order valence-electron chi connectivity index (χ3n) is 12.2. The van der Waals surface area contributed by atoms with Crippen molar-refractivity contribution in [2.75, 3.05) is 52.4 Å². The Hall–Kier alpha value is -5.58. The Bertz CT molecular complexity index is 2250. The number of hydrogen-bond acceptors (Lipinski definition) is 8. The molecule has 8 rings (SSSR count). The predicted octanol–water partition coefficient (Wildman–Crippen LogP) is 5.53. The van der Waals surface area contributed by atoms with E-state index in [9.17, 15) is 14.7 Å². The average molecular weight is 794 g/mol. The fourth-order valence-electron chi connectivity index (χ4n) is 8.71. The molecule has 3 aliphatic rings. The predicted molar refractivity (Wildman–Crippen MR) is 228 cm³/mol. The summed E-state index contributed by atoms with van der Waals surface area (Å²) in [4.78, 5) is 52.4. The van der Waals surface area contributed by atoms with Gasteiger partial charge in [0.2, 0.25) is 11.8 Å². The number of aliphatic hydroxyl groups excluding tert-OH is 1. The van der Waals surface area contributed by atoms with Crippen LogP contribution in [0.3, 0.4) is 0 Å². The van der Waals surface area contributed by atoms with Crippen LogP contribution in [0, 0.1) is 17.8 Å². The van der Waals surface area contributed by atoms with Gasteiger partial charge in [-0.05, 0) is 72.6 Å². The van der Waals surface area contributed by atoms with Crippen LogP contribution in [0.15, 0.2) is 91.3 Å². The lowest BCUT2D eigenvalue weighted by molar-refractivity contribution is -0.139. The minimum atomic E-state index is -0.509.